The van der Waals surface area contributed by atoms with E-state index in [1.165, 1.54) is 11.1 Å². The number of ether oxygens (including phenoxy) is 1. The second-order valence-electron chi connectivity index (χ2n) is 5.44. The van der Waals surface area contributed by atoms with Gasteiger partial charge >= 0.3 is 5.97 Å². The van der Waals surface area contributed by atoms with Crippen molar-refractivity contribution in [3.05, 3.63) is 35.4 Å². The number of carbonyl (C=O) groups is 1. The van der Waals surface area contributed by atoms with E-state index in [9.17, 15) is 4.79 Å². The average molecular weight is 230 g/mol. The summed E-state index contributed by atoms with van der Waals surface area (Å²) in [5.41, 5.74) is 2.81. The summed E-state index contributed by atoms with van der Waals surface area (Å²) in [5.74, 6) is 1.11. The summed E-state index contributed by atoms with van der Waals surface area (Å²) in [4.78, 5) is 12.0. The van der Waals surface area contributed by atoms with E-state index >= 15 is 0 Å². The number of benzene rings is 1. The van der Waals surface area contributed by atoms with Gasteiger partial charge in [-0.25, -0.2) is 0 Å². The maximum atomic E-state index is 12.0. The van der Waals surface area contributed by atoms with Gasteiger partial charge in [0.1, 0.15) is 0 Å². The van der Waals surface area contributed by atoms with Gasteiger partial charge in [0.2, 0.25) is 0 Å². The molecule has 0 spiro atoms. The van der Waals surface area contributed by atoms with Crippen LogP contribution in [0.15, 0.2) is 24.3 Å². The van der Waals surface area contributed by atoms with Crippen molar-refractivity contribution >= 4 is 5.97 Å². The molecule has 2 heteroatoms. The predicted octanol–water partition coefficient (Wildman–Crippen LogP) is 2.91. The van der Waals surface area contributed by atoms with Gasteiger partial charge in [-0.2, -0.15) is 0 Å². The van der Waals surface area contributed by atoms with Gasteiger partial charge in [0.25, 0.3) is 0 Å². The molecule has 0 N–H and O–H groups in total. The first-order valence-electron chi connectivity index (χ1n) is 6.47. The van der Waals surface area contributed by atoms with Gasteiger partial charge in [-0.15, -0.1) is 0 Å². The zero-order valence-corrected chi connectivity index (χ0v) is 10.3. The zero-order chi connectivity index (χ0) is 12.0. The third-order valence-corrected chi connectivity index (χ3v) is 3.95. The van der Waals surface area contributed by atoms with E-state index in [0.717, 1.165) is 12.8 Å². The molecule has 3 rings (SSSR count). The molecule has 3 unspecified atom stereocenters. The second-order valence-corrected chi connectivity index (χ2v) is 5.44. The Morgan fingerprint density at radius 1 is 1.35 bits per heavy atom. The Kier molecular flexibility index (Phi) is 2.46. The van der Waals surface area contributed by atoms with E-state index in [4.69, 9.17) is 4.74 Å². The van der Waals surface area contributed by atoms with Crippen molar-refractivity contribution in [2.24, 2.45) is 11.8 Å². The summed E-state index contributed by atoms with van der Waals surface area (Å²) in [6.45, 7) is 3.83. The molecule has 1 saturated carbocycles. The highest BCUT2D eigenvalue weighted by Crippen LogP contribution is 2.60. The van der Waals surface area contributed by atoms with Gasteiger partial charge < -0.3 is 4.74 Å². The highest BCUT2D eigenvalue weighted by atomic mass is 16.5. The maximum absolute atomic E-state index is 12.0. The van der Waals surface area contributed by atoms with Crippen molar-refractivity contribution in [1.29, 1.82) is 0 Å². The van der Waals surface area contributed by atoms with E-state index < -0.39 is 0 Å². The smallest absolute Gasteiger partial charge is 0.310 e. The molecule has 0 radical (unpaired) electrons. The molecule has 0 aromatic heterocycles. The van der Waals surface area contributed by atoms with Crippen LogP contribution in [0.3, 0.4) is 0 Å². The molecule has 0 aliphatic heterocycles. The lowest BCUT2D eigenvalue weighted by Crippen LogP contribution is -2.14. The number of hydrogen-bond acceptors (Lipinski definition) is 2. The first kappa shape index (κ1) is 10.8. The van der Waals surface area contributed by atoms with Crippen LogP contribution < -0.4 is 0 Å². The molecule has 0 saturated heterocycles. The minimum Gasteiger partial charge on any atom is -0.463 e. The Morgan fingerprint density at radius 3 is 2.88 bits per heavy atom. The quantitative estimate of drug-likeness (QED) is 0.730. The zero-order valence-electron chi connectivity index (χ0n) is 10.3. The van der Waals surface area contributed by atoms with Crippen molar-refractivity contribution in [3.8, 4) is 0 Å². The molecule has 3 atom stereocenters. The fourth-order valence-corrected chi connectivity index (χ4v) is 3.20. The molecule has 90 valence electrons. The van der Waals surface area contributed by atoms with Crippen LogP contribution in [0.2, 0.25) is 0 Å². The average Bonchev–Trinajstić information content (AvgIpc) is 3.02. The molecule has 17 heavy (non-hydrogen) atoms. The van der Waals surface area contributed by atoms with E-state index in [0.29, 0.717) is 11.8 Å². The van der Waals surface area contributed by atoms with Crippen LogP contribution in [0.4, 0.5) is 0 Å². The third kappa shape index (κ3) is 1.76. The van der Waals surface area contributed by atoms with Crippen LogP contribution in [0.1, 0.15) is 37.3 Å². The van der Waals surface area contributed by atoms with E-state index in [-0.39, 0.29) is 18.0 Å². The number of fused-ring (bicyclic) bond motifs is 3. The minimum absolute atomic E-state index is 0.000367. The highest BCUT2D eigenvalue weighted by Gasteiger charge is 2.58. The van der Waals surface area contributed by atoms with Crippen LogP contribution >= 0.6 is 0 Å². The largest absolute Gasteiger partial charge is 0.463 e. The molecule has 2 nitrogen and oxygen atoms in total. The van der Waals surface area contributed by atoms with Crippen LogP contribution in [-0.2, 0) is 16.0 Å². The summed E-state index contributed by atoms with van der Waals surface area (Å²) in [7, 11) is 0. The monoisotopic (exact) mass is 230 g/mol. The van der Waals surface area contributed by atoms with E-state index in [1.807, 2.05) is 13.8 Å². The minimum atomic E-state index is 0.000367. The van der Waals surface area contributed by atoms with Gasteiger partial charge in [-0.05, 0) is 43.7 Å². The number of aryl methyl sites for hydroxylation is 1. The van der Waals surface area contributed by atoms with Gasteiger partial charge in [0, 0.05) is 5.92 Å². The predicted molar refractivity (Wildman–Crippen MR) is 65.7 cm³/mol. The lowest BCUT2D eigenvalue weighted by molar-refractivity contribution is -0.149. The number of esters is 1. The molecule has 1 aromatic rings. The standard InChI is InChI=1S/C15H18O2/c1-9(2)17-15(16)14-12-8-7-10-5-3-4-6-11(10)13(12)14/h3-6,9,12-14H,7-8H2,1-2H3. The van der Waals surface area contributed by atoms with E-state index in [1.54, 1.807) is 0 Å². The molecule has 1 aromatic carbocycles. The Morgan fingerprint density at radius 2 is 2.12 bits per heavy atom. The molecule has 0 amide bonds. The first-order valence-corrected chi connectivity index (χ1v) is 6.47. The Labute approximate surface area is 102 Å². The maximum Gasteiger partial charge on any atom is 0.310 e. The Bertz CT molecular complexity index is 450. The fourth-order valence-electron chi connectivity index (χ4n) is 3.20. The summed E-state index contributed by atoms with van der Waals surface area (Å²) in [5, 5.41) is 0. The Balaban J connectivity index is 1.80. The molecular weight excluding hydrogens is 212 g/mol. The molecule has 1 fully saturated rings. The molecular formula is C15H18O2. The topological polar surface area (TPSA) is 26.3 Å². The molecule has 2 aliphatic carbocycles. The molecule has 2 aliphatic rings. The summed E-state index contributed by atoms with van der Waals surface area (Å²) in [6.07, 6.45) is 2.25. The van der Waals surface area contributed by atoms with Crippen molar-refractivity contribution in [2.75, 3.05) is 0 Å². The van der Waals surface area contributed by atoms with Crippen LogP contribution in [0.25, 0.3) is 0 Å². The van der Waals surface area contributed by atoms with Crippen LogP contribution in [0, 0.1) is 11.8 Å². The molecule has 0 bridgehead atoms. The first-order chi connectivity index (χ1) is 8.18. The van der Waals surface area contributed by atoms with Crippen LogP contribution in [0.5, 0.6) is 0 Å². The second kappa shape index (κ2) is 3.86. The van der Waals surface area contributed by atoms with Crippen molar-refractivity contribution in [3.63, 3.8) is 0 Å². The molecule has 0 heterocycles. The lowest BCUT2D eigenvalue weighted by Gasteiger charge is -2.13. The van der Waals surface area contributed by atoms with E-state index in [2.05, 4.69) is 24.3 Å². The Hall–Kier alpha value is -1.31. The van der Waals surface area contributed by atoms with Crippen molar-refractivity contribution in [1.82, 2.24) is 0 Å². The number of rotatable bonds is 2. The fraction of sp³-hybridized carbons (Fsp3) is 0.533. The summed E-state index contributed by atoms with van der Waals surface area (Å²) >= 11 is 0. The van der Waals surface area contributed by atoms with Crippen molar-refractivity contribution in [2.45, 2.75) is 38.7 Å². The SMILES string of the molecule is CC(C)OC(=O)C1C2CCc3ccccc3C21. The third-order valence-electron chi connectivity index (χ3n) is 3.95. The van der Waals surface area contributed by atoms with Gasteiger partial charge in [0.05, 0.1) is 12.0 Å². The highest BCUT2D eigenvalue weighted by molar-refractivity contribution is 5.79. The van der Waals surface area contributed by atoms with Gasteiger partial charge in [-0.3, -0.25) is 4.79 Å². The van der Waals surface area contributed by atoms with Gasteiger partial charge in [0.15, 0.2) is 0 Å². The summed E-state index contributed by atoms with van der Waals surface area (Å²) < 4.78 is 5.34. The van der Waals surface area contributed by atoms with Gasteiger partial charge in [-0.1, -0.05) is 24.3 Å². The number of carbonyl (C=O) groups excluding carboxylic acids is 1. The number of hydrogen-bond donors (Lipinski definition) is 0. The summed E-state index contributed by atoms with van der Waals surface area (Å²) in [6, 6.07) is 8.52. The lowest BCUT2D eigenvalue weighted by atomic mass is 9.92. The normalized spacial score (nSPS) is 29.5. The van der Waals surface area contributed by atoms with Crippen LogP contribution in [-0.4, -0.2) is 12.1 Å². The van der Waals surface area contributed by atoms with Crippen molar-refractivity contribution < 1.29 is 9.53 Å².